The van der Waals surface area contributed by atoms with Crippen LogP contribution in [0.2, 0.25) is 0 Å². The number of unbranched alkanes of at least 4 members (excludes halogenated alkanes) is 1. The summed E-state index contributed by atoms with van der Waals surface area (Å²) >= 11 is 0. The van der Waals surface area contributed by atoms with Crippen LogP contribution in [0.1, 0.15) is 51.0 Å². The molecule has 2 rings (SSSR count). The molecule has 1 aromatic rings. The second-order valence-corrected chi connectivity index (χ2v) is 5.10. The topological polar surface area (TPSA) is 32.7 Å². The van der Waals surface area contributed by atoms with Gasteiger partial charge in [0.05, 0.1) is 6.54 Å². The Morgan fingerprint density at radius 2 is 2.15 bits per heavy atom. The fourth-order valence-corrected chi connectivity index (χ4v) is 2.50. The summed E-state index contributed by atoms with van der Waals surface area (Å²) in [5, 5.41) is 5.93. The number of nitrogens with zero attached hydrogens (tertiary/aromatic N) is 2. The Balaban J connectivity index is 2.25. The molecule has 3 nitrogen and oxygen atoms in total. The van der Waals surface area contributed by atoms with Crippen LogP contribution in [0.15, 0.2) is 29.4 Å². The molecule has 1 unspecified atom stereocenters. The standard InChI is InChI=1S/C16H21FN2O/c1-3-5-10-15-13(11-19(18-15)16(20)4-2)12-8-6-7-9-14(12)17/h6-9,13H,3-5,10-11H2,1-2H3. The lowest BCUT2D eigenvalue weighted by atomic mass is 9.91. The molecule has 0 radical (unpaired) electrons. The van der Waals surface area contributed by atoms with Crippen molar-refractivity contribution >= 4 is 11.6 Å². The van der Waals surface area contributed by atoms with Crippen LogP contribution in [-0.4, -0.2) is 23.2 Å². The molecule has 0 aromatic heterocycles. The number of carbonyl (C=O) groups excluding carboxylic acids is 1. The van der Waals surface area contributed by atoms with Gasteiger partial charge in [0, 0.05) is 18.1 Å². The molecule has 0 N–H and O–H groups in total. The van der Waals surface area contributed by atoms with Crippen molar-refractivity contribution in [2.75, 3.05) is 6.54 Å². The lowest BCUT2D eigenvalue weighted by molar-refractivity contribution is -0.130. The highest BCUT2D eigenvalue weighted by Gasteiger charge is 2.31. The van der Waals surface area contributed by atoms with E-state index in [1.54, 1.807) is 12.1 Å². The highest BCUT2D eigenvalue weighted by atomic mass is 19.1. The first-order valence-corrected chi connectivity index (χ1v) is 7.29. The zero-order valence-electron chi connectivity index (χ0n) is 12.1. The molecule has 108 valence electrons. The van der Waals surface area contributed by atoms with E-state index in [4.69, 9.17) is 0 Å². The summed E-state index contributed by atoms with van der Waals surface area (Å²) in [5.74, 6) is -0.316. The van der Waals surface area contributed by atoms with Crippen molar-refractivity contribution in [3.05, 3.63) is 35.6 Å². The zero-order chi connectivity index (χ0) is 14.5. The van der Waals surface area contributed by atoms with Crippen LogP contribution >= 0.6 is 0 Å². The van der Waals surface area contributed by atoms with Gasteiger partial charge < -0.3 is 0 Å². The predicted octanol–water partition coefficient (Wildman–Crippen LogP) is 3.71. The average molecular weight is 276 g/mol. The Hall–Kier alpha value is -1.71. The Kier molecular flexibility index (Phi) is 4.88. The van der Waals surface area contributed by atoms with E-state index in [0.29, 0.717) is 18.5 Å². The van der Waals surface area contributed by atoms with E-state index in [1.165, 1.54) is 11.1 Å². The summed E-state index contributed by atoms with van der Waals surface area (Å²) in [4.78, 5) is 11.8. The first-order valence-electron chi connectivity index (χ1n) is 7.29. The van der Waals surface area contributed by atoms with Gasteiger partial charge in [-0.15, -0.1) is 0 Å². The summed E-state index contributed by atoms with van der Waals surface area (Å²) < 4.78 is 14.0. The van der Waals surface area contributed by atoms with Crippen molar-refractivity contribution in [2.45, 2.75) is 45.4 Å². The Labute approximate surface area is 119 Å². The quantitative estimate of drug-likeness (QED) is 0.807. The van der Waals surface area contributed by atoms with E-state index in [-0.39, 0.29) is 17.6 Å². The molecule has 0 aliphatic carbocycles. The maximum Gasteiger partial charge on any atom is 0.242 e. The van der Waals surface area contributed by atoms with E-state index in [1.807, 2.05) is 13.0 Å². The van der Waals surface area contributed by atoms with Crippen LogP contribution in [-0.2, 0) is 4.79 Å². The number of amides is 1. The van der Waals surface area contributed by atoms with Gasteiger partial charge in [-0.1, -0.05) is 38.5 Å². The third-order valence-corrected chi connectivity index (χ3v) is 3.66. The molecular weight excluding hydrogens is 255 g/mol. The largest absolute Gasteiger partial charge is 0.273 e. The van der Waals surface area contributed by atoms with Crippen molar-refractivity contribution in [2.24, 2.45) is 5.10 Å². The summed E-state index contributed by atoms with van der Waals surface area (Å²) in [6.07, 6.45) is 3.32. The van der Waals surface area contributed by atoms with Crippen LogP contribution in [0, 0.1) is 5.82 Å². The first kappa shape index (κ1) is 14.7. The van der Waals surface area contributed by atoms with Gasteiger partial charge in [0.25, 0.3) is 0 Å². The molecule has 1 aliphatic rings. The fraction of sp³-hybridized carbons (Fsp3) is 0.500. The SMILES string of the molecule is CCCCC1=NN(C(=O)CC)CC1c1ccccc1F. The second-order valence-electron chi connectivity index (χ2n) is 5.10. The van der Waals surface area contributed by atoms with Gasteiger partial charge in [-0.2, -0.15) is 5.10 Å². The number of rotatable bonds is 5. The van der Waals surface area contributed by atoms with Gasteiger partial charge in [0.15, 0.2) is 0 Å². The molecule has 0 fully saturated rings. The van der Waals surface area contributed by atoms with Crippen molar-refractivity contribution in [3.8, 4) is 0 Å². The minimum absolute atomic E-state index is 0.00200. The molecule has 0 bridgehead atoms. The first-order chi connectivity index (χ1) is 9.67. The third-order valence-electron chi connectivity index (χ3n) is 3.66. The van der Waals surface area contributed by atoms with Gasteiger partial charge in [-0.05, 0) is 24.5 Å². The summed E-state index contributed by atoms with van der Waals surface area (Å²) in [7, 11) is 0. The number of benzene rings is 1. The smallest absolute Gasteiger partial charge is 0.242 e. The minimum Gasteiger partial charge on any atom is -0.273 e. The van der Waals surface area contributed by atoms with Crippen molar-refractivity contribution < 1.29 is 9.18 Å². The molecule has 1 amide bonds. The second kappa shape index (κ2) is 6.64. The number of hydrogen-bond acceptors (Lipinski definition) is 2. The van der Waals surface area contributed by atoms with Gasteiger partial charge in [-0.3, -0.25) is 4.79 Å². The Morgan fingerprint density at radius 1 is 1.40 bits per heavy atom. The van der Waals surface area contributed by atoms with Crippen LogP contribution < -0.4 is 0 Å². The molecule has 1 aliphatic heterocycles. The van der Waals surface area contributed by atoms with Gasteiger partial charge in [0.2, 0.25) is 5.91 Å². The average Bonchev–Trinajstić information content (AvgIpc) is 2.88. The van der Waals surface area contributed by atoms with E-state index >= 15 is 0 Å². The summed E-state index contributed by atoms with van der Waals surface area (Å²) in [6.45, 7) is 4.40. The van der Waals surface area contributed by atoms with Crippen molar-refractivity contribution in [1.29, 1.82) is 0 Å². The normalized spacial score (nSPS) is 18.2. The molecule has 0 saturated carbocycles. The van der Waals surface area contributed by atoms with E-state index in [2.05, 4.69) is 12.0 Å². The van der Waals surface area contributed by atoms with E-state index < -0.39 is 0 Å². The molecular formula is C16H21FN2O. The highest BCUT2D eigenvalue weighted by Crippen LogP contribution is 2.29. The number of halogens is 1. The zero-order valence-corrected chi connectivity index (χ0v) is 12.1. The number of hydrogen-bond donors (Lipinski definition) is 0. The van der Waals surface area contributed by atoms with Crippen LogP contribution in [0.3, 0.4) is 0 Å². The van der Waals surface area contributed by atoms with Crippen LogP contribution in [0.4, 0.5) is 4.39 Å². The molecule has 1 atom stereocenters. The predicted molar refractivity (Wildman–Crippen MR) is 78.1 cm³/mol. The summed E-state index contributed by atoms with van der Waals surface area (Å²) in [6, 6.07) is 6.78. The van der Waals surface area contributed by atoms with Crippen LogP contribution in [0.5, 0.6) is 0 Å². The Morgan fingerprint density at radius 3 is 2.80 bits per heavy atom. The molecule has 0 saturated heterocycles. The van der Waals surface area contributed by atoms with Crippen molar-refractivity contribution in [1.82, 2.24) is 5.01 Å². The van der Waals surface area contributed by atoms with E-state index in [0.717, 1.165) is 25.0 Å². The molecule has 1 aromatic carbocycles. The fourth-order valence-electron chi connectivity index (χ4n) is 2.50. The molecule has 20 heavy (non-hydrogen) atoms. The van der Waals surface area contributed by atoms with Gasteiger partial charge in [0.1, 0.15) is 5.82 Å². The molecule has 0 spiro atoms. The van der Waals surface area contributed by atoms with Gasteiger partial charge in [-0.25, -0.2) is 9.40 Å². The summed E-state index contributed by atoms with van der Waals surface area (Å²) in [5.41, 5.74) is 1.58. The lowest BCUT2D eigenvalue weighted by Gasteiger charge is -2.15. The minimum atomic E-state index is -0.215. The Bertz CT molecular complexity index is 513. The monoisotopic (exact) mass is 276 g/mol. The lowest BCUT2D eigenvalue weighted by Crippen LogP contribution is -2.25. The van der Waals surface area contributed by atoms with Crippen LogP contribution in [0.25, 0.3) is 0 Å². The number of hydrazone groups is 1. The maximum absolute atomic E-state index is 14.0. The highest BCUT2D eigenvalue weighted by molar-refractivity contribution is 5.94. The van der Waals surface area contributed by atoms with Gasteiger partial charge >= 0.3 is 0 Å². The van der Waals surface area contributed by atoms with Crippen molar-refractivity contribution in [3.63, 3.8) is 0 Å². The third kappa shape index (κ3) is 3.06. The number of carbonyl (C=O) groups is 1. The van der Waals surface area contributed by atoms with E-state index in [9.17, 15) is 9.18 Å². The molecule has 1 heterocycles. The molecule has 4 heteroatoms. The maximum atomic E-state index is 14.0.